The van der Waals surface area contributed by atoms with Gasteiger partial charge in [-0.05, 0) is 49.4 Å². The molecule has 35 heavy (non-hydrogen) atoms. The van der Waals surface area contributed by atoms with Gasteiger partial charge in [-0.3, -0.25) is 13.9 Å². The first-order valence-corrected chi connectivity index (χ1v) is 14.2. The largest absolute Gasteiger partial charge is 0.354 e. The maximum absolute atomic E-state index is 13.4. The molecule has 0 aliphatic rings. The average Bonchev–Trinajstić information content (AvgIpc) is 2.81. The van der Waals surface area contributed by atoms with E-state index in [0.29, 0.717) is 30.1 Å². The number of rotatable bonds is 13. The van der Waals surface area contributed by atoms with Crippen LogP contribution in [-0.4, -0.2) is 50.5 Å². The lowest BCUT2D eigenvalue weighted by atomic mass is 10.1. The normalized spacial score (nSPS) is 12.1. The summed E-state index contributed by atoms with van der Waals surface area (Å²) in [5.74, 6) is -0.422. The Morgan fingerprint density at radius 1 is 1.06 bits per heavy atom. The molecule has 2 amide bonds. The van der Waals surface area contributed by atoms with Crippen LogP contribution in [0.1, 0.15) is 50.7 Å². The fourth-order valence-corrected chi connectivity index (χ4v) is 5.14. The standard InChI is InChI=1S/C26H36ClN3O4S/c1-5-17-28-26(32)23(6-2)29(19-21-13-8-9-14-22(21)27)25(31)16-11-18-30(35(4,33)34)24-15-10-7-12-20(24)3/h7-10,12-15,23H,5-6,11,16-19H2,1-4H3,(H,28,32)/t23-/m1/s1. The highest BCUT2D eigenvalue weighted by Gasteiger charge is 2.29. The number of carbonyl (C=O) groups is 2. The molecule has 0 radical (unpaired) electrons. The van der Waals surface area contributed by atoms with Crippen LogP contribution < -0.4 is 9.62 Å². The second-order valence-corrected chi connectivity index (χ2v) is 10.9. The van der Waals surface area contributed by atoms with Crippen molar-refractivity contribution in [1.82, 2.24) is 10.2 Å². The molecule has 2 aromatic rings. The molecular formula is C26H36ClN3O4S. The number of anilines is 1. The smallest absolute Gasteiger partial charge is 0.242 e. The van der Waals surface area contributed by atoms with Gasteiger partial charge in [0.15, 0.2) is 0 Å². The molecule has 7 nitrogen and oxygen atoms in total. The molecule has 0 aromatic heterocycles. The minimum atomic E-state index is -3.53. The number of halogens is 1. The lowest BCUT2D eigenvalue weighted by Gasteiger charge is -2.31. The second-order valence-electron chi connectivity index (χ2n) is 8.55. The number of aryl methyl sites for hydroxylation is 1. The summed E-state index contributed by atoms with van der Waals surface area (Å²) >= 11 is 6.35. The van der Waals surface area contributed by atoms with E-state index in [2.05, 4.69) is 5.32 Å². The van der Waals surface area contributed by atoms with Gasteiger partial charge < -0.3 is 10.2 Å². The van der Waals surface area contributed by atoms with Crippen LogP contribution in [0.4, 0.5) is 5.69 Å². The van der Waals surface area contributed by atoms with E-state index in [1.54, 1.807) is 23.1 Å². The highest BCUT2D eigenvalue weighted by Crippen LogP contribution is 2.24. The molecule has 1 N–H and O–H groups in total. The number of para-hydroxylation sites is 1. The van der Waals surface area contributed by atoms with Crippen molar-refractivity contribution in [2.24, 2.45) is 0 Å². The Balaban J connectivity index is 2.22. The zero-order valence-electron chi connectivity index (χ0n) is 21.0. The first-order chi connectivity index (χ1) is 16.6. The monoisotopic (exact) mass is 521 g/mol. The third-order valence-corrected chi connectivity index (χ3v) is 7.32. The molecule has 9 heteroatoms. The summed E-state index contributed by atoms with van der Waals surface area (Å²) in [6, 6.07) is 13.8. The Morgan fingerprint density at radius 3 is 2.31 bits per heavy atom. The molecular weight excluding hydrogens is 486 g/mol. The van der Waals surface area contributed by atoms with Crippen LogP contribution in [0.2, 0.25) is 5.02 Å². The van der Waals surface area contributed by atoms with Crippen LogP contribution in [0.5, 0.6) is 0 Å². The Labute approximate surface area is 214 Å². The van der Waals surface area contributed by atoms with Gasteiger partial charge in [0.05, 0.1) is 11.9 Å². The van der Waals surface area contributed by atoms with Crippen LogP contribution in [0.25, 0.3) is 0 Å². The first-order valence-electron chi connectivity index (χ1n) is 11.9. The Hall–Kier alpha value is -2.58. The van der Waals surface area contributed by atoms with E-state index in [0.717, 1.165) is 23.8 Å². The number of sulfonamides is 1. The number of carbonyl (C=O) groups excluding carboxylic acids is 2. The molecule has 0 bridgehead atoms. The van der Waals surface area contributed by atoms with Crippen molar-refractivity contribution in [2.45, 2.75) is 59.0 Å². The van der Waals surface area contributed by atoms with Crippen molar-refractivity contribution >= 4 is 39.1 Å². The van der Waals surface area contributed by atoms with Crippen molar-refractivity contribution in [1.29, 1.82) is 0 Å². The number of nitrogens with one attached hydrogen (secondary N) is 1. The van der Waals surface area contributed by atoms with Crippen LogP contribution in [-0.2, 0) is 26.2 Å². The van der Waals surface area contributed by atoms with E-state index in [1.807, 2.05) is 51.1 Å². The van der Waals surface area contributed by atoms with Gasteiger partial charge in [0.2, 0.25) is 21.8 Å². The molecule has 0 spiro atoms. The summed E-state index contributed by atoms with van der Waals surface area (Å²) in [5, 5.41) is 3.41. The van der Waals surface area contributed by atoms with Crippen molar-refractivity contribution in [2.75, 3.05) is 23.7 Å². The fourth-order valence-electron chi connectivity index (χ4n) is 3.92. The molecule has 0 heterocycles. The summed E-state index contributed by atoms with van der Waals surface area (Å²) in [7, 11) is -3.53. The number of hydrogen-bond acceptors (Lipinski definition) is 4. The van der Waals surface area contributed by atoms with Crippen molar-refractivity contribution in [3.8, 4) is 0 Å². The highest BCUT2D eigenvalue weighted by molar-refractivity contribution is 7.92. The van der Waals surface area contributed by atoms with Gasteiger partial charge in [0.25, 0.3) is 0 Å². The maximum Gasteiger partial charge on any atom is 0.242 e. The number of hydrogen-bond donors (Lipinski definition) is 1. The lowest BCUT2D eigenvalue weighted by Crippen LogP contribution is -2.49. The minimum Gasteiger partial charge on any atom is -0.354 e. The molecule has 0 aliphatic heterocycles. The zero-order chi connectivity index (χ0) is 26.0. The maximum atomic E-state index is 13.4. The molecule has 2 rings (SSSR count). The van der Waals surface area contributed by atoms with Crippen molar-refractivity contribution in [3.05, 3.63) is 64.7 Å². The minimum absolute atomic E-state index is 0.0971. The quantitative estimate of drug-likeness (QED) is 0.419. The molecule has 0 fully saturated rings. The summed E-state index contributed by atoms with van der Waals surface area (Å²) in [5.41, 5.74) is 2.19. The Bertz CT molecular complexity index is 1110. The fraction of sp³-hybridized carbons (Fsp3) is 0.462. The SMILES string of the molecule is CCCNC(=O)[C@@H](CC)N(Cc1ccccc1Cl)C(=O)CCCN(c1ccccc1C)S(C)(=O)=O. The Morgan fingerprint density at radius 2 is 1.71 bits per heavy atom. The van der Waals surface area contributed by atoms with Crippen molar-refractivity contribution < 1.29 is 18.0 Å². The van der Waals surface area contributed by atoms with E-state index in [9.17, 15) is 18.0 Å². The van der Waals surface area contributed by atoms with E-state index in [4.69, 9.17) is 11.6 Å². The predicted molar refractivity (Wildman–Crippen MR) is 142 cm³/mol. The Kier molecular flexibility index (Phi) is 11.0. The van der Waals surface area contributed by atoms with Gasteiger partial charge in [-0.15, -0.1) is 0 Å². The third kappa shape index (κ3) is 8.25. The molecule has 192 valence electrons. The van der Waals surface area contributed by atoms with E-state index < -0.39 is 16.1 Å². The van der Waals surface area contributed by atoms with E-state index in [-0.39, 0.29) is 31.3 Å². The highest BCUT2D eigenvalue weighted by atomic mass is 35.5. The molecule has 0 aliphatic carbocycles. The van der Waals surface area contributed by atoms with E-state index in [1.165, 1.54) is 4.31 Å². The van der Waals surface area contributed by atoms with Gasteiger partial charge in [-0.25, -0.2) is 8.42 Å². The van der Waals surface area contributed by atoms with Crippen LogP contribution in [0, 0.1) is 6.92 Å². The van der Waals surface area contributed by atoms with Crippen LogP contribution in [0.3, 0.4) is 0 Å². The second kappa shape index (κ2) is 13.5. The molecule has 0 saturated heterocycles. The van der Waals surface area contributed by atoms with Gasteiger partial charge in [-0.2, -0.15) is 0 Å². The van der Waals surface area contributed by atoms with Gasteiger partial charge >= 0.3 is 0 Å². The topological polar surface area (TPSA) is 86.8 Å². The molecule has 1 atom stereocenters. The summed E-state index contributed by atoms with van der Waals surface area (Å²) in [4.78, 5) is 27.8. The molecule has 0 saturated carbocycles. The summed E-state index contributed by atoms with van der Waals surface area (Å²) in [6.07, 6.45) is 2.81. The number of nitrogens with zero attached hydrogens (tertiary/aromatic N) is 2. The van der Waals surface area contributed by atoms with Crippen molar-refractivity contribution in [3.63, 3.8) is 0 Å². The van der Waals surface area contributed by atoms with Crippen LogP contribution >= 0.6 is 11.6 Å². The van der Waals surface area contributed by atoms with Gasteiger partial charge in [0, 0.05) is 31.1 Å². The predicted octanol–water partition coefficient (Wildman–Crippen LogP) is 4.53. The van der Waals surface area contributed by atoms with Crippen LogP contribution in [0.15, 0.2) is 48.5 Å². The molecule has 0 unspecified atom stereocenters. The van der Waals surface area contributed by atoms with Gasteiger partial charge in [-0.1, -0.05) is 61.8 Å². The zero-order valence-corrected chi connectivity index (χ0v) is 22.5. The summed E-state index contributed by atoms with van der Waals surface area (Å²) in [6.45, 7) is 6.58. The van der Waals surface area contributed by atoms with Gasteiger partial charge in [0.1, 0.15) is 6.04 Å². The van der Waals surface area contributed by atoms with E-state index >= 15 is 0 Å². The number of benzene rings is 2. The first kappa shape index (κ1) is 28.7. The lowest BCUT2D eigenvalue weighted by molar-refractivity contribution is -0.141. The number of amides is 2. The third-order valence-electron chi connectivity index (χ3n) is 5.77. The average molecular weight is 522 g/mol. The summed E-state index contributed by atoms with van der Waals surface area (Å²) < 4.78 is 26.3. The molecule has 2 aromatic carbocycles.